The van der Waals surface area contributed by atoms with Crippen LogP contribution in [-0.2, 0) is 4.74 Å². The highest BCUT2D eigenvalue weighted by Crippen LogP contribution is 2.19. The van der Waals surface area contributed by atoms with Crippen LogP contribution in [-0.4, -0.2) is 26.3 Å². The molecule has 2 nitrogen and oxygen atoms in total. The molecule has 0 saturated carbocycles. The van der Waals surface area contributed by atoms with E-state index >= 15 is 0 Å². The van der Waals surface area contributed by atoms with E-state index in [2.05, 4.69) is 39.0 Å². The van der Waals surface area contributed by atoms with E-state index in [4.69, 9.17) is 4.74 Å². The minimum atomic E-state index is 0.830. The highest BCUT2D eigenvalue weighted by Gasteiger charge is 2.10. The number of benzene rings is 1. The maximum Gasteiger partial charge on any atom is 0.0642 e. The Bertz CT molecular complexity index is 284. The molecule has 0 bridgehead atoms. The third-order valence-electron chi connectivity index (χ3n) is 2.13. The van der Waals surface area contributed by atoms with Gasteiger partial charge in [-0.15, -0.1) is 0 Å². The predicted molar refractivity (Wildman–Crippen MR) is 56.0 cm³/mol. The van der Waals surface area contributed by atoms with Crippen molar-refractivity contribution in [1.82, 2.24) is 0 Å². The molecule has 0 atom stereocenters. The number of rotatable bonds is 1. The number of ether oxygens (including phenoxy) is 1. The molecule has 2 rings (SSSR count). The summed E-state index contributed by atoms with van der Waals surface area (Å²) in [5, 5.41) is 0. The maximum absolute atomic E-state index is 5.29. The first-order valence-corrected chi connectivity index (χ1v) is 5.15. The van der Waals surface area contributed by atoms with E-state index in [1.807, 2.05) is 6.07 Å². The standard InChI is InChI=1S/C10H11BrNO/c11-9-2-1-3-10(8-9)12-4-6-13-7-5-12/h1,3,8H,4-7H2. The summed E-state index contributed by atoms with van der Waals surface area (Å²) in [5.41, 5.74) is 1.24. The highest BCUT2D eigenvalue weighted by molar-refractivity contribution is 9.10. The van der Waals surface area contributed by atoms with Crippen LogP contribution in [0.15, 0.2) is 22.7 Å². The zero-order valence-electron chi connectivity index (χ0n) is 7.29. The van der Waals surface area contributed by atoms with Gasteiger partial charge in [-0.2, -0.15) is 0 Å². The fraction of sp³-hybridized carbons (Fsp3) is 0.400. The molecule has 1 fully saturated rings. The molecule has 1 aromatic carbocycles. The summed E-state index contributed by atoms with van der Waals surface area (Å²) in [7, 11) is 0. The van der Waals surface area contributed by atoms with Gasteiger partial charge in [-0.25, -0.2) is 0 Å². The smallest absolute Gasteiger partial charge is 0.0642 e. The first kappa shape index (κ1) is 9.03. The second-order valence-corrected chi connectivity index (χ2v) is 3.85. The monoisotopic (exact) mass is 240 g/mol. The van der Waals surface area contributed by atoms with Gasteiger partial charge in [0, 0.05) is 23.2 Å². The van der Waals surface area contributed by atoms with Crippen molar-refractivity contribution in [3.05, 3.63) is 28.7 Å². The van der Waals surface area contributed by atoms with Crippen LogP contribution in [0.1, 0.15) is 0 Å². The summed E-state index contributed by atoms with van der Waals surface area (Å²) in [4.78, 5) is 2.32. The molecule has 0 spiro atoms. The van der Waals surface area contributed by atoms with Crippen LogP contribution < -0.4 is 4.90 Å². The van der Waals surface area contributed by atoms with Crippen LogP contribution in [0.25, 0.3) is 0 Å². The van der Waals surface area contributed by atoms with Gasteiger partial charge in [-0.3, -0.25) is 0 Å². The van der Waals surface area contributed by atoms with Crippen LogP contribution in [0.4, 0.5) is 5.69 Å². The number of nitrogens with zero attached hydrogens (tertiary/aromatic N) is 1. The molecule has 0 aromatic heterocycles. The van der Waals surface area contributed by atoms with E-state index in [1.54, 1.807) is 0 Å². The number of hydrogen-bond acceptors (Lipinski definition) is 2. The Morgan fingerprint density at radius 2 is 2.15 bits per heavy atom. The third-order valence-corrected chi connectivity index (χ3v) is 2.58. The lowest BCUT2D eigenvalue weighted by atomic mass is 10.3. The van der Waals surface area contributed by atoms with Gasteiger partial charge < -0.3 is 9.64 Å². The molecule has 1 aliphatic rings. The lowest BCUT2D eigenvalue weighted by molar-refractivity contribution is 0.122. The molecule has 0 unspecified atom stereocenters. The molecular weight excluding hydrogens is 230 g/mol. The molecule has 1 aromatic rings. The molecule has 0 amide bonds. The lowest BCUT2D eigenvalue weighted by Gasteiger charge is -2.28. The Labute approximate surface area is 86.6 Å². The van der Waals surface area contributed by atoms with Crippen molar-refractivity contribution < 1.29 is 4.74 Å². The molecule has 1 radical (unpaired) electrons. The number of anilines is 1. The fourth-order valence-corrected chi connectivity index (χ4v) is 1.81. The Kier molecular flexibility index (Phi) is 2.86. The minimum Gasteiger partial charge on any atom is -0.378 e. The zero-order chi connectivity index (χ0) is 9.10. The molecule has 0 aliphatic carbocycles. The molecule has 1 aliphatic heterocycles. The first-order valence-electron chi connectivity index (χ1n) is 4.36. The van der Waals surface area contributed by atoms with Crippen LogP contribution in [0.3, 0.4) is 0 Å². The molecular formula is C10H11BrNO. The Morgan fingerprint density at radius 1 is 1.38 bits per heavy atom. The van der Waals surface area contributed by atoms with Crippen LogP contribution in [0.5, 0.6) is 0 Å². The van der Waals surface area contributed by atoms with Crippen molar-refractivity contribution in [3.63, 3.8) is 0 Å². The summed E-state index contributed by atoms with van der Waals surface area (Å²) >= 11 is 3.42. The summed E-state index contributed by atoms with van der Waals surface area (Å²) in [5.74, 6) is 0. The minimum absolute atomic E-state index is 0.830. The van der Waals surface area contributed by atoms with Crippen molar-refractivity contribution in [3.8, 4) is 0 Å². The predicted octanol–water partition coefficient (Wildman–Crippen LogP) is 2.09. The largest absolute Gasteiger partial charge is 0.378 e. The van der Waals surface area contributed by atoms with Crippen LogP contribution >= 0.6 is 15.9 Å². The van der Waals surface area contributed by atoms with Gasteiger partial charge >= 0.3 is 0 Å². The molecule has 69 valence electrons. The molecule has 0 N–H and O–H groups in total. The quantitative estimate of drug-likeness (QED) is 0.746. The summed E-state index contributed by atoms with van der Waals surface area (Å²) in [6.07, 6.45) is 0. The molecule has 1 saturated heterocycles. The van der Waals surface area contributed by atoms with Crippen molar-refractivity contribution in [1.29, 1.82) is 0 Å². The average Bonchev–Trinajstić information content (AvgIpc) is 2.19. The Morgan fingerprint density at radius 3 is 2.85 bits per heavy atom. The van der Waals surface area contributed by atoms with Gasteiger partial charge in [0.15, 0.2) is 0 Å². The molecule has 3 heteroatoms. The second kappa shape index (κ2) is 4.11. The normalized spacial score (nSPS) is 17.5. The summed E-state index contributed by atoms with van der Waals surface area (Å²) in [6, 6.07) is 9.18. The first-order chi connectivity index (χ1) is 6.36. The third kappa shape index (κ3) is 2.23. The lowest BCUT2D eigenvalue weighted by Crippen LogP contribution is -2.36. The summed E-state index contributed by atoms with van der Waals surface area (Å²) < 4.78 is 6.30. The molecule has 1 heterocycles. The van der Waals surface area contributed by atoms with Crippen molar-refractivity contribution in [2.45, 2.75) is 0 Å². The van der Waals surface area contributed by atoms with E-state index in [0.717, 1.165) is 30.8 Å². The van der Waals surface area contributed by atoms with Crippen molar-refractivity contribution in [2.75, 3.05) is 31.2 Å². The topological polar surface area (TPSA) is 12.5 Å². The van der Waals surface area contributed by atoms with Crippen LogP contribution in [0.2, 0.25) is 0 Å². The molecule has 13 heavy (non-hydrogen) atoms. The average molecular weight is 241 g/mol. The van der Waals surface area contributed by atoms with Gasteiger partial charge in [-0.05, 0) is 18.2 Å². The van der Waals surface area contributed by atoms with Gasteiger partial charge in [-0.1, -0.05) is 22.0 Å². The Balaban J connectivity index is 2.14. The number of morpholine rings is 1. The number of halogens is 1. The van der Waals surface area contributed by atoms with E-state index in [0.29, 0.717) is 0 Å². The van der Waals surface area contributed by atoms with Crippen molar-refractivity contribution >= 4 is 21.6 Å². The Hall–Kier alpha value is -0.540. The van der Waals surface area contributed by atoms with Gasteiger partial charge in [0.25, 0.3) is 0 Å². The summed E-state index contributed by atoms with van der Waals surface area (Å²) in [6.45, 7) is 3.62. The maximum atomic E-state index is 5.29. The van der Waals surface area contributed by atoms with Gasteiger partial charge in [0.05, 0.1) is 13.2 Å². The SMILES string of the molecule is Brc1[c]ccc(N2CCOCC2)c1. The van der Waals surface area contributed by atoms with Gasteiger partial charge in [0.2, 0.25) is 0 Å². The number of hydrogen-bond donors (Lipinski definition) is 0. The van der Waals surface area contributed by atoms with E-state index < -0.39 is 0 Å². The van der Waals surface area contributed by atoms with E-state index in [9.17, 15) is 0 Å². The second-order valence-electron chi connectivity index (χ2n) is 2.99. The fourth-order valence-electron chi connectivity index (χ4n) is 1.44. The van der Waals surface area contributed by atoms with E-state index in [-0.39, 0.29) is 0 Å². The zero-order valence-corrected chi connectivity index (χ0v) is 8.88. The van der Waals surface area contributed by atoms with Crippen LogP contribution in [0, 0.1) is 6.07 Å². The van der Waals surface area contributed by atoms with Crippen molar-refractivity contribution in [2.24, 2.45) is 0 Å². The van der Waals surface area contributed by atoms with Gasteiger partial charge in [0.1, 0.15) is 0 Å². The van der Waals surface area contributed by atoms with E-state index in [1.165, 1.54) is 5.69 Å². The highest BCUT2D eigenvalue weighted by atomic mass is 79.9.